The molecule has 0 N–H and O–H groups in total. The number of para-hydroxylation sites is 1. The second kappa shape index (κ2) is 8.76. The Morgan fingerprint density at radius 3 is 2.45 bits per heavy atom. The maximum atomic E-state index is 5.48. The summed E-state index contributed by atoms with van der Waals surface area (Å²) < 4.78 is 5.48. The molecule has 0 aliphatic carbocycles. The second-order valence-electron chi connectivity index (χ2n) is 6.66. The Hall–Kier alpha value is -2.70. The molecule has 6 heteroatoms. The lowest BCUT2D eigenvalue weighted by Gasteiger charge is -2.04. The Morgan fingerprint density at radius 1 is 0.931 bits per heavy atom. The molecule has 0 spiro atoms. The van der Waals surface area contributed by atoms with Gasteiger partial charge in [-0.05, 0) is 43.7 Å². The molecule has 0 amide bonds. The molecule has 0 saturated carbocycles. The van der Waals surface area contributed by atoms with E-state index in [1.165, 1.54) is 11.1 Å². The molecule has 2 heterocycles. The lowest BCUT2D eigenvalue weighted by atomic mass is 10.2. The van der Waals surface area contributed by atoms with Crippen molar-refractivity contribution in [2.75, 3.05) is 7.11 Å². The van der Waals surface area contributed by atoms with E-state index in [-0.39, 0.29) is 0 Å². The zero-order chi connectivity index (χ0) is 20.2. The van der Waals surface area contributed by atoms with Gasteiger partial charge in [-0.15, -0.1) is 21.5 Å². The number of benzene rings is 2. The van der Waals surface area contributed by atoms with Gasteiger partial charge in [-0.2, -0.15) is 0 Å². The van der Waals surface area contributed by atoms with Crippen molar-refractivity contribution < 1.29 is 4.74 Å². The van der Waals surface area contributed by atoms with Crippen LogP contribution in [0.1, 0.15) is 16.8 Å². The highest BCUT2D eigenvalue weighted by Gasteiger charge is 2.15. The van der Waals surface area contributed by atoms with Gasteiger partial charge in [0.05, 0.1) is 23.2 Å². The predicted octanol–water partition coefficient (Wildman–Crippen LogP) is 6.18. The van der Waals surface area contributed by atoms with Crippen LogP contribution in [0, 0.1) is 13.8 Å². The molecule has 0 aliphatic rings. The summed E-state index contributed by atoms with van der Waals surface area (Å²) in [5, 5.41) is 10.7. The van der Waals surface area contributed by atoms with Crippen LogP contribution in [0.5, 0.6) is 5.75 Å². The summed E-state index contributed by atoms with van der Waals surface area (Å²) in [5.74, 6) is 1.70. The average Bonchev–Trinajstić information content (AvgIpc) is 3.15. The van der Waals surface area contributed by atoms with Gasteiger partial charge in [0.1, 0.15) is 21.5 Å². The number of methoxy groups -OCH3 is 1. The quantitative estimate of drug-likeness (QED) is 0.349. The van der Waals surface area contributed by atoms with Crippen molar-refractivity contribution >= 4 is 23.1 Å². The van der Waals surface area contributed by atoms with Crippen LogP contribution in [0.25, 0.3) is 21.1 Å². The zero-order valence-corrected chi connectivity index (χ0v) is 18.2. The standard InChI is InChI=1S/C23H21N3OS2/c1-15-8-10-17(11-9-15)14-28-21-13-12-19(25-26-21)22-16(2)24-23(29-22)18-6-4-5-7-20(18)27-3/h4-13H,14H2,1-3H3. The normalized spacial score (nSPS) is 10.9. The van der Waals surface area contributed by atoms with E-state index in [2.05, 4.69) is 41.4 Å². The first-order chi connectivity index (χ1) is 14.1. The summed E-state index contributed by atoms with van der Waals surface area (Å²) in [6.07, 6.45) is 0. The van der Waals surface area contributed by atoms with Gasteiger partial charge in [-0.3, -0.25) is 0 Å². The molecule has 0 unspecified atom stereocenters. The number of rotatable bonds is 6. The molecule has 0 aliphatic heterocycles. The minimum Gasteiger partial charge on any atom is -0.496 e. The molecule has 4 nitrogen and oxygen atoms in total. The Kier molecular flexibility index (Phi) is 5.92. The van der Waals surface area contributed by atoms with Crippen LogP contribution in [-0.4, -0.2) is 22.3 Å². The maximum absolute atomic E-state index is 5.48. The van der Waals surface area contributed by atoms with E-state index in [0.29, 0.717) is 0 Å². The summed E-state index contributed by atoms with van der Waals surface area (Å²) in [5.41, 5.74) is 5.35. The van der Waals surface area contributed by atoms with E-state index in [0.717, 1.165) is 43.4 Å². The van der Waals surface area contributed by atoms with Gasteiger partial charge in [-0.25, -0.2) is 4.98 Å². The molecule has 29 heavy (non-hydrogen) atoms. The van der Waals surface area contributed by atoms with Gasteiger partial charge in [0.15, 0.2) is 0 Å². The first-order valence-electron chi connectivity index (χ1n) is 9.27. The fourth-order valence-electron chi connectivity index (χ4n) is 2.93. The first kappa shape index (κ1) is 19.6. The zero-order valence-electron chi connectivity index (χ0n) is 16.5. The number of thiazole rings is 1. The van der Waals surface area contributed by atoms with Crippen molar-refractivity contribution in [3.63, 3.8) is 0 Å². The van der Waals surface area contributed by atoms with Crippen LogP contribution in [0.4, 0.5) is 0 Å². The Bertz CT molecular complexity index is 1110. The molecule has 0 radical (unpaired) electrons. The summed E-state index contributed by atoms with van der Waals surface area (Å²) in [7, 11) is 1.68. The summed E-state index contributed by atoms with van der Waals surface area (Å²) in [6, 6.07) is 20.6. The highest BCUT2D eigenvalue weighted by molar-refractivity contribution is 7.98. The molecule has 0 saturated heterocycles. The molecular weight excluding hydrogens is 398 g/mol. The lowest BCUT2D eigenvalue weighted by molar-refractivity contribution is 0.416. The molecule has 2 aromatic carbocycles. The van der Waals surface area contributed by atoms with Gasteiger partial charge in [-0.1, -0.05) is 53.7 Å². The summed E-state index contributed by atoms with van der Waals surface area (Å²) in [4.78, 5) is 5.77. The van der Waals surface area contributed by atoms with E-state index >= 15 is 0 Å². The van der Waals surface area contributed by atoms with Crippen molar-refractivity contribution in [3.05, 3.63) is 77.5 Å². The number of hydrogen-bond acceptors (Lipinski definition) is 6. The number of aromatic nitrogens is 3. The maximum Gasteiger partial charge on any atom is 0.129 e. The Morgan fingerprint density at radius 2 is 1.72 bits per heavy atom. The van der Waals surface area contributed by atoms with E-state index in [9.17, 15) is 0 Å². The summed E-state index contributed by atoms with van der Waals surface area (Å²) in [6.45, 7) is 4.11. The van der Waals surface area contributed by atoms with Crippen molar-refractivity contribution in [2.24, 2.45) is 0 Å². The van der Waals surface area contributed by atoms with Crippen LogP contribution < -0.4 is 4.74 Å². The van der Waals surface area contributed by atoms with Gasteiger partial charge in [0.2, 0.25) is 0 Å². The SMILES string of the molecule is COc1ccccc1-c1nc(C)c(-c2ccc(SCc3ccc(C)cc3)nn2)s1. The van der Waals surface area contributed by atoms with Crippen LogP contribution >= 0.6 is 23.1 Å². The number of hydrogen-bond donors (Lipinski definition) is 0. The minimum absolute atomic E-state index is 0.821. The van der Waals surface area contributed by atoms with Crippen molar-refractivity contribution in [2.45, 2.75) is 24.6 Å². The highest BCUT2D eigenvalue weighted by atomic mass is 32.2. The number of aryl methyl sites for hydroxylation is 2. The number of nitrogens with zero attached hydrogens (tertiary/aromatic N) is 3. The molecule has 0 bridgehead atoms. The van der Waals surface area contributed by atoms with Gasteiger partial charge >= 0.3 is 0 Å². The minimum atomic E-state index is 0.821. The first-order valence-corrected chi connectivity index (χ1v) is 11.1. The van der Waals surface area contributed by atoms with Gasteiger partial charge < -0.3 is 4.74 Å². The van der Waals surface area contributed by atoms with Gasteiger partial charge in [0, 0.05) is 5.75 Å². The van der Waals surface area contributed by atoms with E-state index in [1.54, 1.807) is 30.2 Å². The Balaban J connectivity index is 1.52. The topological polar surface area (TPSA) is 47.9 Å². The number of thioether (sulfide) groups is 1. The Labute approximate surface area is 179 Å². The molecule has 2 aromatic heterocycles. The molecule has 0 atom stereocenters. The monoisotopic (exact) mass is 419 g/mol. The molecule has 4 aromatic rings. The van der Waals surface area contributed by atoms with E-state index in [1.807, 2.05) is 43.3 Å². The highest BCUT2D eigenvalue weighted by Crippen LogP contribution is 2.38. The summed E-state index contributed by atoms with van der Waals surface area (Å²) >= 11 is 3.30. The van der Waals surface area contributed by atoms with Crippen molar-refractivity contribution in [1.82, 2.24) is 15.2 Å². The third-order valence-electron chi connectivity index (χ3n) is 4.51. The smallest absolute Gasteiger partial charge is 0.129 e. The van der Waals surface area contributed by atoms with Crippen LogP contribution in [-0.2, 0) is 5.75 Å². The van der Waals surface area contributed by atoms with E-state index in [4.69, 9.17) is 9.72 Å². The van der Waals surface area contributed by atoms with Gasteiger partial charge in [0.25, 0.3) is 0 Å². The second-order valence-corrected chi connectivity index (χ2v) is 8.66. The van der Waals surface area contributed by atoms with Crippen LogP contribution in [0.3, 0.4) is 0 Å². The predicted molar refractivity (Wildman–Crippen MR) is 121 cm³/mol. The van der Waals surface area contributed by atoms with E-state index < -0.39 is 0 Å². The molecular formula is C23H21N3OS2. The third kappa shape index (κ3) is 4.49. The average molecular weight is 420 g/mol. The van der Waals surface area contributed by atoms with Crippen LogP contribution in [0.2, 0.25) is 0 Å². The van der Waals surface area contributed by atoms with Crippen molar-refractivity contribution in [1.29, 1.82) is 0 Å². The fourth-order valence-corrected chi connectivity index (χ4v) is 4.76. The molecule has 146 valence electrons. The lowest BCUT2D eigenvalue weighted by Crippen LogP contribution is -1.90. The fraction of sp³-hybridized carbons (Fsp3) is 0.174. The third-order valence-corrected chi connectivity index (χ3v) is 6.72. The molecule has 4 rings (SSSR count). The van der Waals surface area contributed by atoms with Crippen LogP contribution in [0.15, 0.2) is 65.7 Å². The molecule has 0 fully saturated rings. The van der Waals surface area contributed by atoms with Crippen molar-refractivity contribution in [3.8, 4) is 26.9 Å². The number of ether oxygens (including phenoxy) is 1. The largest absolute Gasteiger partial charge is 0.496 e.